The maximum Gasteiger partial charge on any atom is 0.0130 e. The summed E-state index contributed by atoms with van der Waals surface area (Å²) >= 11 is 0. The molecule has 2 atom stereocenters. The van der Waals surface area contributed by atoms with Crippen molar-refractivity contribution in [3.8, 4) is 0 Å². The number of benzene rings is 2. The van der Waals surface area contributed by atoms with Gasteiger partial charge < -0.3 is 5.73 Å². The van der Waals surface area contributed by atoms with Gasteiger partial charge >= 0.3 is 0 Å². The van der Waals surface area contributed by atoms with Crippen LogP contribution < -0.4 is 5.73 Å². The molecule has 0 heterocycles. The topological polar surface area (TPSA) is 26.0 Å². The molecule has 0 aliphatic heterocycles. The smallest absolute Gasteiger partial charge is 0.0130 e. The van der Waals surface area contributed by atoms with Crippen LogP contribution in [0.5, 0.6) is 0 Å². The van der Waals surface area contributed by atoms with Crippen LogP contribution in [-0.4, -0.2) is 6.04 Å². The minimum Gasteiger partial charge on any atom is -0.328 e. The standard InChI is InChI=1S/C17H21N/c1-13(14(2)18)17(15-9-5-3-6-10-15)16-11-7-4-8-12-16/h3-14,17H,18H2,1-2H3/t13-,14-/m0/s1. The normalized spacial score (nSPS) is 14.4. The minimum atomic E-state index is 0.176. The number of rotatable bonds is 4. The summed E-state index contributed by atoms with van der Waals surface area (Å²) in [6.07, 6.45) is 0. The van der Waals surface area contributed by atoms with Gasteiger partial charge in [-0.05, 0) is 24.0 Å². The van der Waals surface area contributed by atoms with Crippen LogP contribution in [0.4, 0.5) is 0 Å². The molecule has 2 rings (SSSR count). The molecule has 0 aliphatic carbocycles. The maximum absolute atomic E-state index is 6.11. The van der Waals surface area contributed by atoms with Gasteiger partial charge in [0.25, 0.3) is 0 Å². The fraction of sp³-hybridized carbons (Fsp3) is 0.294. The molecular weight excluding hydrogens is 218 g/mol. The Kier molecular flexibility index (Phi) is 4.16. The van der Waals surface area contributed by atoms with Crippen LogP contribution in [0.1, 0.15) is 30.9 Å². The van der Waals surface area contributed by atoms with Crippen molar-refractivity contribution in [1.29, 1.82) is 0 Å². The summed E-state index contributed by atoms with van der Waals surface area (Å²) in [4.78, 5) is 0. The van der Waals surface area contributed by atoms with Crippen LogP contribution in [0.3, 0.4) is 0 Å². The lowest BCUT2D eigenvalue weighted by Crippen LogP contribution is -2.29. The van der Waals surface area contributed by atoms with Crippen molar-refractivity contribution in [2.45, 2.75) is 25.8 Å². The molecule has 0 radical (unpaired) electrons. The quantitative estimate of drug-likeness (QED) is 0.862. The first kappa shape index (κ1) is 12.8. The lowest BCUT2D eigenvalue weighted by Gasteiger charge is -2.28. The van der Waals surface area contributed by atoms with Crippen LogP contribution in [0.25, 0.3) is 0 Å². The Balaban J connectivity index is 2.42. The first-order valence-corrected chi connectivity index (χ1v) is 6.55. The van der Waals surface area contributed by atoms with E-state index in [1.807, 2.05) is 0 Å². The average Bonchev–Trinajstić information content (AvgIpc) is 2.41. The van der Waals surface area contributed by atoms with Crippen LogP contribution in [0, 0.1) is 5.92 Å². The van der Waals surface area contributed by atoms with Crippen molar-refractivity contribution in [3.05, 3.63) is 71.8 Å². The van der Waals surface area contributed by atoms with Gasteiger partial charge in [0.05, 0.1) is 0 Å². The second kappa shape index (κ2) is 5.83. The van der Waals surface area contributed by atoms with E-state index in [0.717, 1.165) is 0 Å². The predicted molar refractivity (Wildman–Crippen MR) is 77.5 cm³/mol. The van der Waals surface area contributed by atoms with Gasteiger partial charge in [-0.15, -0.1) is 0 Å². The van der Waals surface area contributed by atoms with Crippen LogP contribution in [0.2, 0.25) is 0 Å². The molecule has 94 valence electrons. The number of hydrogen-bond donors (Lipinski definition) is 1. The predicted octanol–water partition coefficient (Wildman–Crippen LogP) is 3.80. The third kappa shape index (κ3) is 2.80. The van der Waals surface area contributed by atoms with E-state index in [0.29, 0.717) is 11.8 Å². The average molecular weight is 239 g/mol. The molecule has 0 aromatic heterocycles. The van der Waals surface area contributed by atoms with Crippen LogP contribution >= 0.6 is 0 Å². The van der Waals surface area contributed by atoms with E-state index in [1.54, 1.807) is 0 Å². The summed E-state index contributed by atoms with van der Waals surface area (Å²) < 4.78 is 0. The van der Waals surface area contributed by atoms with Gasteiger partial charge in [-0.3, -0.25) is 0 Å². The molecule has 0 spiro atoms. The molecule has 0 saturated carbocycles. The summed E-state index contributed by atoms with van der Waals surface area (Å²) in [5, 5.41) is 0. The van der Waals surface area contributed by atoms with Gasteiger partial charge in [-0.25, -0.2) is 0 Å². The summed E-state index contributed by atoms with van der Waals surface area (Å²) in [6, 6.07) is 21.4. The fourth-order valence-electron chi connectivity index (χ4n) is 2.42. The monoisotopic (exact) mass is 239 g/mol. The highest BCUT2D eigenvalue weighted by Crippen LogP contribution is 2.33. The van der Waals surface area contributed by atoms with Gasteiger partial charge in [0.1, 0.15) is 0 Å². The highest BCUT2D eigenvalue weighted by molar-refractivity contribution is 5.33. The molecule has 0 bridgehead atoms. The van der Waals surface area contributed by atoms with Gasteiger partial charge in [0.15, 0.2) is 0 Å². The molecule has 1 heteroatoms. The van der Waals surface area contributed by atoms with Crippen molar-refractivity contribution in [3.63, 3.8) is 0 Å². The fourth-order valence-corrected chi connectivity index (χ4v) is 2.42. The van der Waals surface area contributed by atoms with E-state index in [4.69, 9.17) is 5.73 Å². The third-order valence-corrected chi connectivity index (χ3v) is 3.67. The zero-order valence-electron chi connectivity index (χ0n) is 11.1. The highest BCUT2D eigenvalue weighted by Gasteiger charge is 2.23. The molecule has 0 unspecified atom stereocenters. The lowest BCUT2D eigenvalue weighted by atomic mass is 9.79. The first-order chi connectivity index (χ1) is 8.70. The summed E-state index contributed by atoms with van der Waals surface area (Å²) in [5.74, 6) is 0.780. The Morgan fingerprint density at radius 3 is 1.44 bits per heavy atom. The highest BCUT2D eigenvalue weighted by atomic mass is 14.6. The van der Waals surface area contributed by atoms with Crippen LogP contribution in [-0.2, 0) is 0 Å². The second-order valence-electron chi connectivity index (χ2n) is 5.02. The number of hydrogen-bond acceptors (Lipinski definition) is 1. The van der Waals surface area contributed by atoms with E-state index in [1.165, 1.54) is 11.1 Å². The molecule has 2 aromatic carbocycles. The van der Waals surface area contributed by atoms with Crippen molar-refractivity contribution in [2.75, 3.05) is 0 Å². The molecule has 2 N–H and O–H groups in total. The second-order valence-corrected chi connectivity index (χ2v) is 5.02. The molecule has 18 heavy (non-hydrogen) atoms. The maximum atomic E-state index is 6.11. The molecule has 0 saturated heterocycles. The van der Waals surface area contributed by atoms with Gasteiger partial charge in [-0.1, -0.05) is 67.6 Å². The van der Waals surface area contributed by atoms with E-state index in [2.05, 4.69) is 74.5 Å². The van der Waals surface area contributed by atoms with Crippen molar-refractivity contribution in [2.24, 2.45) is 11.7 Å². The molecule has 2 aromatic rings. The molecular formula is C17H21N. The van der Waals surface area contributed by atoms with E-state index >= 15 is 0 Å². The van der Waals surface area contributed by atoms with Gasteiger partial charge in [0.2, 0.25) is 0 Å². The SMILES string of the molecule is C[C@H](N)[C@H](C)C(c1ccccc1)c1ccccc1. The lowest BCUT2D eigenvalue weighted by molar-refractivity contribution is 0.434. The summed E-state index contributed by atoms with van der Waals surface area (Å²) in [5.41, 5.74) is 8.79. The van der Waals surface area contributed by atoms with Crippen LogP contribution in [0.15, 0.2) is 60.7 Å². The zero-order valence-corrected chi connectivity index (χ0v) is 11.1. The van der Waals surface area contributed by atoms with Crippen molar-refractivity contribution in [1.82, 2.24) is 0 Å². The molecule has 0 aliphatic rings. The Morgan fingerprint density at radius 1 is 0.722 bits per heavy atom. The van der Waals surface area contributed by atoms with E-state index in [-0.39, 0.29) is 6.04 Å². The molecule has 1 nitrogen and oxygen atoms in total. The number of nitrogens with two attached hydrogens (primary N) is 1. The Morgan fingerprint density at radius 2 is 1.11 bits per heavy atom. The van der Waals surface area contributed by atoms with E-state index < -0.39 is 0 Å². The molecule has 0 fully saturated rings. The van der Waals surface area contributed by atoms with Gasteiger partial charge in [0, 0.05) is 12.0 Å². The third-order valence-electron chi connectivity index (χ3n) is 3.67. The largest absolute Gasteiger partial charge is 0.328 e. The summed E-state index contributed by atoms with van der Waals surface area (Å²) in [7, 11) is 0. The van der Waals surface area contributed by atoms with Gasteiger partial charge in [-0.2, -0.15) is 0 Å². The first-order valence-electron chi connectivity index (χ1n) is 6.55. The zero-order chi connectivity index (χ0) is 13.0. The Hall–Kier alpha value is -1.60. The van der Waals surface area contributed by atoms with E-state index in [9.17, 15) is 0 Å². The molecule has 0 amide bonds. The van der Waals surface area contributed by atoms with Crippen molar-refractivity contribution >= 4 is 0 Å². The minimum absolute atomic E-state index is 0.176. The summed E-state index contributed by atoms with van der Waals surface area (Å²) in [6.45, 7) is 4.32. The Bertz CT molecular complexity index is 422. The Labute approximate surface area is 110 Å². The van der Waals surface area contributed by atoms with Crippen molar-refractivity contribution < 1.29 is 0 Å².